The van der Waals surface area contributed by atoms with Crippen LogP contribution in [0.3, 0.4) is 0 Å². The minimum absolute atomic E-state index is 0.186. The summed E-state index contributed by atoms with van der Waals surface area (Å²) in [7, 11) is -4.37. The monoisotopic (exact) mass is 696 g/mol. The highest BCUT2D eigenvalue weighted by Gasteiger charge is 2.58. The van der Waals surface area contributed by atoms with Crippen LogP contribution in [-0.2, 0) is 81.2 Å². The second-order valence-electron chi connectivity index (χ2n) is 10.8. The number of aliphatic hydroxyl groups excluding tert-OH is 1. The molecule has 10 atom stereocenters. The first-order valence-corrected chi connectivity index (χ1v) is 15.9. The maximum Gasteiger partial charge on any atom is 0.303 e. The Hall–Kier alpha value is -3.65. The van der Waals surface area contributed by atoms with Gasteiger partial charge in [-0.15, -0.1) is 0 Å². The van der Waals surface area contributed by atoms with Crippen LogP contribution >= 0.6 is 0 Å². The average Bonchev–Trinajstić information content (AvgIpc) is 2.90. The van der Waals surface area contributed by atoms with E-state index in [9.17, 15) is 42.3 Å². The Bertz CT molecular complexity index is 1310. The highest BCUT2D eigenvalue weighted by atomic mass is 32.2. The molecule has 2 saturated heterocycles. The van der Waals surface area contributed by atoms with Crippen molar-refractivity contribution in [3.05, 3.63) is 12.2 Å². The molecule has 0 radical (unpaired) electrons. The van der Waals surface area contributed by atoms with E-state index >= 15 is 0 Å². The van der Waals surface area contributed by atoms with Crippen molar-refractivity contribution in [3.63, 3.8) is 0 Å². The van der Waals surface area contributed by atoms with Gasteiger partial charge in [0, 0.05) is 41.5 Å². The van der Waals surface area contributed by atoms with E-state index in [1.165, 1.54) is 6.92 Å². The second kappa shape index (κ2) is 17.0. The zero-order chi connectivity index (χ0) is 35.8. The number of sulfone groups is 1. The molecule has 0 saturated carbocycles. The van der Waals surface area contributed by atoms with E-state index in [1.807, 2.05) is 0 Å². The summed E-state index contributed by atoms with van der Waals surface area (Å²) in [5.74, 6) is -6.03. The van der Waals surface area contributed by atoms with Crippen LogP contribution in [0.5, 0.6) is 0 Å². The fourth-order valence-electron chi connectivity index (χ4n) is 4.89. The van der Waals surface area contributed by atoms with E-state index in [-0.39, 0.29) is 5.57 Å². The Labute approximate surface area is 270 Å². The van der Waals surface area contributed by atoms with Gasteiger partial charge in [0.05, 0.1) is 5.75 Å². The van der Waals surface area contributed by atoms with Gasteiger partial charge in [-0.25, -0.2) is 8.42 Å². The normalized spacial score (nSPS) is 30.6. The largest absolute Gasteiger partial charge is 0.463 e. The number of esters is 6. The molecule has 0 aromatic heterocycles. The predicted octanol–water partition coefficient (Wildman–Crippen LogP) is -0.974. The third-order valence-electron chi connectivity index (χ3n) is 6.41. The third-order valence-corrected chi connectivity index (χ3v) is 8.39. The topological polar surface area (TPSA) is 240 Å². The molecule has 1 unspecified atom stereocenters. The first kappa shape index (κ1) is 39.5. The molecule has 2 rings (SSSR count). The molecule has 2 heterocycles. The van der Waals surface area contributed by atoms with Crippen molar-refractivity contribution in [2.75, 3.05) is 19.0 Å². The van der Waals surface area contributed by atoms with Gasteiger partial charge in [-0.2, -0.15) is 0 Å². The molecule has 0 bridgehead atoms. The van der Waals surface area contributed by atoms with Gasteiger partial charge in [0.25, 0.3) is 0 Å². The van der Waals surface area contributed by atoms with Crippen LogP contribution < -0.4 is 0 Å². The average molecular weight is 697 g/mol. The second-order valence-corrected chi connectivity index (χ2v) is 12.9. The summed E-state index contributed by atoms with van der Waals surface area (Å²) in [5.41, 5.74) is -1.81. The lowest BCUT2D eigenvalue weighted by Crippen LogP contribution is -2.67. The number of carbonyl (C=O) groups is 6. The van der Waals surface area contributed by atoms with Gasteiger partial charge >= 0.3 is 35.8 Å². The van der Waals surface area contributed by atoms with Crippen LogP contribution in [0.2, 0.25) is 0 Å². The van der Waals surface area contributed by atoms with E-state index in [2.05, 4.69) is 6.58 Å². The molecule has 266 valence electrons. The molecular formula is C28H40O18S. The van der Waals surface area contributed by atoms with Crippen molar-refractivity contribution in [2.45, 2.75) is 109 Å². The molecule has 1 N–H and O–H groups in total. The smallest absolute Gasteiger partial charge is 0.303 e. The molecule has 2 fully saturated rings. The van der Waals surface area contributed by atoms with Crippen molar-refractivity contribution >= 4 is 45.7 Å². The van der Waals surface area contributed by atoms with E-state index in [4.69, 9.17) is 42.6 Å². The number of carbonyl (C=O) groups excluding carboxylic acids is 6. The molecule has 0 aliphatic carbocycles. The highest BCUT2D eigenvalue weighted by Crippen LogP contribution is 2.36. The fraction of sp³-hybridized carbons (Fsp3) is 0.714. The summed E-state index contributed by atoms with van der Waals surface area (Å²) in [6.07, 6.45) is -15.5. The lowest BCUT2D eigenvalue weighted by atomic mass is 9.96. The zero-order valence-electron chi connectivity index (χ0n) is 26.9. The number of aliphatic hydroxyl groups is 1. The number of rotatable bonds is 13. The number of hydrogen-bond acceptors (Lipinski definition) is 18. The van der Waals surface area contributed by atoms with E-state index in [0.29, 0.717) is 0 Å². The van der Waals surface area contributed by atoms with Gasteiger partial charge in [0.1, 0.15) is 37.6 Å². The van der Waals surface area contributed by atoms with E-state index in [0.717, 1.165) is 41.5 Å². The van der Waals surface area contributed by atoms with Crippen LogP contribution in [0.4, 0.5) is 0 Å². The fourth-order valence-corrected chi connectivity index (χ4v) is 6.67. The molecule has 0 aromatic rings. The van der Waals surface area contributed by atoms with Crippen molar-refractivity contribution in [1.82, 2.24) is 0 Å². The molecule has 47 heavy (non-hydrogen) atoms. The quantitative estimate of drug-likeness (QED) is 0.138. The van der Waals surface area contributed by atoms with Crippen molar-refractivity contribution in [3.8, 4) is 0 Å². The van der Waals surface area contributed by atoms with Gasteiger partial charge < -0.3 is 47.7 Å². The van der Waals surface area contributed by atoms with Crippen LogP contribution in [-0.4, -0.2) is 129 Å². The summed E-state index contributed by atoms with van der Waals surface area (Å²) in [6, 6.07) is 0. The van der Waals surface area contributed by atoms with Gasteiger partial charge in [-0.3, -0.25) is 28.8 Å². The Kier molecular flexibility index (Phi) is 14.3. The summed E-state index contributed by atoms with van der Waals surface area (Å²) in [6.45, 7) is 9.79. The summed E-state index contributed by atoms with van der Waals surface area (Å²) < 4.78 is 75.8. The van der Waals surface area contributed by atoms with Gasteiger partial charge in [-0.05, 0) is 6.92 Å². The van der Waals surface area contributed by atoms with Crippen LogP contribution in [0, 0.1) is 0 Å². The Morgan fingerprint density at radius 2 is 1.04 bits per heavy atom. The number of ether oxygens (including phenoxy) is 9. The Balaban J connectivity index is 2.69. The van der Waals surface area contributed by atoms with Crippen LogP contribution in [0.15, 0.2) is 12.2 Å². The molecule has 19 heteroatoms. The standard InChI is InChI=1S/C28H40O18S/c1-12(2)11-47(36,37)28-26(43-18(8)34)25(42-17(7)33)23(20(45-28)10-39-14(4)30)46-27-21(35)24(41-16(6)32)22(40-15(5)31)19(44-27)9-38-13(3)29/h19-28,35H,1,9-11H2,2-8H3/t19-,20-,21-,22+,23-,24-,25+,26-,27+,28?/m1/s1. The van der Waals surface area contributed by atoms with Crippen molar-refractivity contribution in [2.24, 2.45) is 0 Å². The van der Waals surface area contributed by atoms with Gasteiger partial charge in [-0.1, -0.05) is 12.2 Å². The number of hydrogen-bond donors (Lipinski definition) is 1. The molecule has 0 aromatic carbocycles. The van der Waals surface area contributed by atoms with Gasteiger partial charge in [0.2, 0.25) is 0 Å². The third kappa shape index (κ3) is 11.5. The zero-order valence-corrected chi connectivity index (χ0v) is 27.7. The van der Waals surface area contributed by atoms with Crippen LogP contribution in [0.1, 0.15) is 48.5 Å². The maximum atomic E-state index is 13.4. The first-order valence-electron chi connectivity index (χ1n) is 14.2. The van der Waals surface area contributed by atoms with Gasteiger partial charge in [0.15, 0.2) is 46.0 Å². The lowest BCUT2D eigenvalue weighted by Gasteiger charge is -2.48. The molecule has 2 aliphatic heterocycles. The molecular weight excluding hydrogens is 656 g/mol. The van der Waals surface area contributed by atoms with Crippen molar-refractivity contribution < 1.29 is 84.9 Å². The van der Waals surface area contributed by atoms with E-state index < -0.39 is 125 Å². The maximum absolute atomic E-state index is 13.4. The highest BCUT2D eigenvalue weighted by molar-refractivity contribution is 7.92. The minimum atomic E-state index is -4.37. The minimum Gasteiger partial charge on any atom is -0.463 e. The van der Waals surface area contributed by atoms with Crippen LogP contribution in [0.25, 0.3) is 0 Å². The molecule has 0 spiro atoms. The molecule has 0 amide bonds. The van der Waals surface area contributed by atoms with Crippen molar-refractivity contribution in [1.29, 1.82) is 0 Å². The summed E-state index contributed by atoms with van der Waals surface area (Å²) >= 11 is 0. The lowest BCUT2D eigenvalue weighted by molar-refractivity contribution is -0.340. The predicted molar refractivity (Wildman–Crippen MR) is 152 cm³/mol. The molecule has 2 aliphatic rings. The Morgan fingerprint density at radius 1 is 0.617 bits per heavy atom. The summed E-state index contributed by atoms with van der Waals surface area (Å²) in [5, 5.41) is 11.3. The SMILES string of the molecule is C=C(C)CS(=O)(=O)C1O[C@H](COC(C)=O)[C@@H](O[C@@H]2O[C@H](COC(C)=O)[C@H](OC(C)=O)[C@H](OC(C)=O)[C@H]2O)[C@H](OC(C)=O)[C@H]1OC(C)=O. The van der Waals surface area contributed by atoms with E-state index in [1.54, 1.807) is 0 Å². The Morgan fingerprint density at radius 3 is 1.49 bits per heavy atom. The summed E-state index contributed by atoms with van der Waals surface area (Å²) in [4.78, 5) is 71.8. The molecule has 18 nitrogen and oxygen atoms in total. The first-order chi connectivity index (χ1) is 21.7.